The number of halogens is 1. The Labute approximate surface area is 167 Å². The zero-order valence-electron chi connectivity index (χ0n) is 15.1. The van der Waals surface area contributed by atoms with Gasteiger partial charge in [0.15, 0.2) is 5.58 Å². The highest BCUT2D eigenvalue weighted by atomic mass is 35.5. The number of nitrogens with one attached hydrogen (secondary N) is 1. The molecule has 0 aliphatic heterocycles. The second-order valence-electron chi connectivity index (χ2n) is 6.39. The van der Waals surface area contributed by atoms with E-state index in [4.69, 9.17) is 16.0 Å². The quantitative estimate of drug-likeness (QED) is 0.429. The van der Waals surface area contributed by atoms with E-state index in [1.807, 2.05) is 49.4 Å². The fourth-order valence-corrected chi connectivity index (χ4v) is 2.99. The molecule has 0 saturated heterocycles. The average Bonchev–Trinajstić information content (AvgIpc) is 3.11. The molecular weight excluding hydrogens is 372 g/mol. The average molecular weight is 389 g/mol. The minimum absolute atomic E-state index is 0.229. The van der Waals surface area contributed by atoms with Gasteiger partial charge in [-0.3, -0.25) is 4.79 Å². The lowest BCUT2D eigenvalue weighted by molar-refractivity contribution is -0.111. The number of hydrogen-bond acceptors (Lipinski definition) is 3. The largest absolute Gasteiger partial charge is 0.436 e. The van der Waals surface area contributed by atoms with E-state index in [-0.39, 0.29) is 5.91 Å². The lowest BCUT2D eigenvalue weighted by atomic mass is 10.1. The Hall–Kier alpha value is -3.37. The lowest BCUT2D eigenvalue weighted by Crippen LogP contribution is -2.07. The van der Waals surface area contributed by atoms with Gasteiger partial charge in [-0.15, -0.1) is 0 Å². The number of hydrogen-bond donors (Lipinski definition) is 1. The van der Waals surface area contributed by atoms with Gasteiger partial charge in [0.05, 0.1) is 0 Å². The van der Waals surface area contributed by atoms with Crippen LogP contribution in [-0.2, 0) is 4.79 Å². The van der Waals surface area contributed by atoms with Crippen molar-refractivity contribution in [1.82, 2.24) is 4.98 Å². The van der Waals surface area contributed by atoms with E-state index in [9.17, 15) is 4.79 Å². The standard InChI is InChI=1S/C23H17ClN2O2/c1-15-4-2-3-5-19(15)23-26-20-12-11-18(14-21(20)28-23)25-22(27)13-8-16-6-9-17(24)10-7-16/h2-14H,1H3,(H,25,27)/b13-8+. The molecule has 1 aromatic heterocycles. The molecule has 0 atom stereocenters. The van der Waals surface area contributed by atoms with Crippen LogP contribution in [0.5, 0.6) is 0 Å². The normalized spacial score (nSPS) is 11.2. The van der Waals surface area contributed by atoms with Crippen LogP contribution in [0.3, 0.4) is 0 Å². The summed E-state index contributed by atoms with van der Waals surface area (Å²) in [7, 11) is 0. The van der Waals surface area contributed by atoms with Crippen molar-refractivity contribution in [3.63, 3.8) is 0 Å². The maximum atomic E-state index is 12.2. The first-order valence-electron chi connectivity index (χ1n) is 8.80. The molecule has 138 valence electrons. The summed E-state index contributed by atoms with van der Waals surface area (Å²) >= 11 is 5.86. The zero-order valence-corrected chi connectivity index (χ0v) is 15.9. The Morgan fingerprint density at radius 3 is 2.64 bits per heavy atom. The van der Waals surface area contributed by atoms with E-state index in [1.54, 1.807) is 30.3 Å². The number of carbonyl (C=O) groups excluding carboxylic acids is 1. The van der Waals surface area contributed by atoms with Gasteiger partial charge in [0.2, 0.25) is 11.8 Å². The molecule has 0 saturated carbocycles. The predicted molar refractivity (Wildman–Crippen MR) is 113 cm³/mol. The molecule has 0 aliphatic rings. The van der Waals surface area contributed by atoms with Gasteiger partial charge < -0.3 is 9.73 Å². The second-order valence-corrected chi connectivity index (χ2v) is 6.83. The number of aryl methyl sites for hydroxylation is 1. The molecule has 0 aliphatic carbocycles. The highest BCUT2D eigenvalue weighted by molar-refractivity contribution is 6.30. The van der Waals surface area contributed by atoms with Crippen LogP contribution >= 0.6 is 11.6 Å². The summed E-state index contributed by atoms with van der Waals surface area (Å²) in [5.41, 5.74) is 4.95. The van der Waals surface area contributed by atoms with Crippen LogP contribution in [0, 0.1) is 6.92 Å². The molecule has 1 heterocycles. The minimum atomic E-state index is -0.229. The van der Waals surface area contributed by atoms with Gasteiger partial charge >= 0.3 is 0 Å². The van der Waals surface area contributed by atoms with Crippen molar-refractivity contribution >= 4 is 40.4 Å². The Morgan fingerprint density at radius 2 is 1.86 bits per heavy atom. The topological polar surface area (TPSA) is 55.1 Å². The van der Waals surface area contributed by atoms with Crippen LogP contribution in [0.1, 0.15) is 11.1 Å². The molecule has 5 heteroatoms. The number of anilines is 1. The number of nitrogens with zero attached hydrogens (tertiary/aromatic N) is 1. The smallest absolute Gasteiger partial charge is 0.248 e. The number of amides is 1. The van der Waals surface area contributed by atoms with Crippen LogP contribution in [0.25, 0.3) is 28.6 Å². The van der Waals surface area contributed by atoms with Crippen molar-refractivity contribution < 1.29 is 9.21 Å². The molecule has 0 spiro atoms. The number of fused-ring (bicyclic) bond motifs is 1. The van der Waals surface area contributed by atoms with Gasteiger partial charge in [-0.25, -0.2) is 4.98 Å². The molecule has 1 N–H and O–H groups in total. The molecule has 4 rings (SSSR count). The highest BCUT2D eigenvalue weighted by Crippen LogP contribution is 2.28. The maximum absolute atomic E-state index is 12.2. The fourth-order valence-electron chi connectivity index (χ4n) is 2.86. The van der Waals surface area contributed by atoms with Gasteiger partial charge in [-0.1, -0.05) is 41.9 Å². The van der Waals surface area contributed by atoms with Gasteiger partial charge in [0.1, 0.15) is 5.52 Å². The molecule has 4 aromatic rings. The Balaban J connectivity index is 1.52. The number of carbonyl (C=O) groups is 1. The number of aromatic nitrogens is 1. The van der Waals surface area contributed by atoms with E-state index >= 15 is 0 Å². The van der Waals surface area contributed by atoms with Crippen molar-refractivity contribution in [2.45, 2.75) is 6.92 Å². The zero-order chi connectivity index (χ0) is 19.5. The van der Waals surface area contributed by atoms with E-state index in [0.717, 1.165) is 22.2 Å². The molecule has 0 fully saturated rings. The predicted octanol–water partition coefficient (Wildman–Crippen LogP) is 6.11. The van der Waals surface area contributed by atoms with Crippen molar-refractivity contribution in [3.05, 3.63) is 89.0 Å². The third-order valence-corrected chi connectivity index (χ3v) is 4.58. The first-order chi connectivity index (χ1) is 13.6. The SMILES string of the molecule is Cc1ccccc1-c1nc2ccc(NC(=O)/C=C/c3ccc(Cl)cc3)cc2o1. The third kappa shape index (κ3) is 3.97. The van der Waals surface area contributed by atoms with Crippen molar-refractivity contribution in [3.8, 4) is 11.5 Å². The summed E-state index contributed by atoms with van der Waals surface area (Å²) in [6.07, 6.45) is 3.21. The highest BCUT2D eigenvalue weighted by Gasteiger charge is 2.11. The van der Waals surface area contributed by atoms with Crippen LogP contribution in [-0.4, -0.2) is 10.9 Å². The Morgan fingerprint density at radius 1 is 1.07 bits per heavy atom. The molecule has 0 radical (unpaired) electrons. The van der Waals surface area contributed by atoms with Crippen molar-refractivity contribution in [2.75, 3.05) is 5.32 Å². The lowest BCUT2D eigenvalue weighted by Gasteiger charge is -2.01. The number of rotatable bonds is 4. The van der Waals surface area contributed by atoms with Crippen molar-refractivity contribution in [1.29, 1.82) is 0 Å². The van der Waals surface area contributed by atoms with E-state index in [0.29, 0.717) is 22.2 Å². The van der Waals surface area contributed by atoms with E-state index < -0.39 is 0 Å². The minimum Gasteiger partial charge on any atom is -0.436 e. The first-order valence-corrected chi connectivity index (χ1v) is 9.17. The molecule has 0 unspecified atom stereocenters. The van der Waals surface area contributed by atoms with Crippen LogP contribution < -0.4 is 5.32 Å². The fraction of sp³-hybridized carbons (Fsp3) is 0.0435. The van der Waals surface area contributed by atoms with Gasteiger partial charge in [-0.05, 0) is 54.5 Å². The van der Waals surface area contributed by atoms with E-state index in [1.165, 1.54) is 6.08 Å². The molecule has 3 aromatic carbocycles. The van der Waals surface area contributed by atoms with E-state index in [2.05, 4.69) is 10.3 Å². The molecular formula is C23H17ClN2O2. The van der Waals surface area contributed by atoms with Gasteiger partial charge in [0.25, 0.3) is 0 Å². The van der Waals surface area contributed by atoms with Gasteiger partial charge in [0, 0.05) is 28.4 Å². The summed E-state index contributed by atoms with van der Waals surface area (Å²) in [5.74, 6) is 0.340. The van der Waals surface area contributed by atoms with Crippen molar-refractivity contribution in [2.24, 2.45) is 0 Å². The van der Waals surface area contributed by atoms with Crippen LogP contribution in [0.15, 0.2) is 77.2 Å². The summed E-state index contributed by atoms with van der Waals surface area (Å²) < 4.78 is 5.90. The first kappa shape index (κ1) is 18.0. The Kier molecular flexibility index (Phi) is 4.96. The molecule has 0 bridgehead atoms. The molecule has 4 nitrogen and oxygen atoms in total. The molecule has 28 heavy (non-hydrogen) atoms. The Bertz CT molecular complexity index is 1180. The molecule has 1 amide bonds. The van der Waals surface area contributed by atoms with Gasteiger partial charge in [-0.2, -0.15) is 0 Å². The number of oxazole rings is 1. The second kappa shape index (κ2) is 7.71. The maximum Gasteiger partial charge on any atom is 0.248 e. The monoisotopic (exact) mass is 388 g/mol. The summed E-state index contributed by atoms with van der Waals surface area (Å²) in [6.45, 7) is 2.02. The summed E-state index contributed by atoms with van der Waals surface area (Å²) in [6, 6.07) is 20.6. The van der Waals surface area contributed by atoms with Crippen LogP contribution in [0.4, 0.5) is 5.69 Å². The van der Waals surface area contributed by atoms with Crippen LogP contribution in [0.2, 0.25) is 5.02 Å². The summed E-state index contributed by atoms with van der Waals surface area (Å²) in [5, 5.41) is 3.50. The summed E-state index contributed by atoms with van der Waals surface area (Å²) in [4.78, 5) is 16.7. The number of benzene rings is 3. The third-order valence-electron chi connectivity index (χ3n) is 4.33.